The number of hydrogen-bond acceptors (Lipinski definition) is 4. The number of benzene rings is 1. The van der Waals surface area contributed by atoms with E-state index in [1.54, 1.807) is 6.07 Å². The van der Waals surface area contributed by atoms with Crippen LogP contribution >= 0.6 is 0 Å². The highest BCUT2D eigenvalue weighted by Gasteiger charge is 2.15. The summed E-state index contributed by atoms with van der Waals surface area (Å²) >= 11 is 0. The Hall–Kier alpha value is -1.50. The smallest absolute Gasteiger partial charge is 0.239 e. The minimum atomic E-state index is -0.973. The zero-order valence-electron chi connectivity index (χ0n) is 10.1. The zero-order chi connectivity index (χ0) is 13.5. The number of carbonyl (C=O) groups excluding carboxylic acids is 1. The molecule has 5 nitrogen and oxygen atoms in total. The number of aliphatic hydroxyl groups excluding tert-OH is 1. The van der Waals surface area contributed by atoms with E-state index >= 15 is 0 Å². The van der Waals surface area contributed by atoms with Crippen LogP contribution in [0.25, 0.3) is 0 Å². The molecule has 0 bridgehead atoms. The lowest BCUT2D eigenvalue weighted by Gasteiger charge is -2.15. The monoisotopic (exact) mass is 256 g/mol. The first-order valence-corrected chi connectivity index (χ1v) is 5.50. The van der Waals surface area contributed by atoms with Gasteiger partial charge < -0.3 is 20.9 Å². The van der Waals surface area contributed by atoms with E-state index in [4.69, 9.17) is 10.5 Å². The van der Waals surface area contributed by atoms with Crippen molar-refractivity contribution in [1.82, 2.24) is 5.32 Å². The Bertz CT molecular complexity index is 401. The molecule has 6 heteroatoms. The average molecular weight is 256 g/mol. The van der Waals surface area contributed by atoms with Crippen LogP contribution in [0, 0.1) is 5.82 Å². The molecule has 2 atom stereocenters. The van der Waals surface area contributed by atoms with E-state index in [0.717, 1.165) is 0 Å². The van der Waals surface area contributed by atoms with Crippen LogP contribution in [0.4, 0.5) is 4.39 Å². The van der Waals surface area contributed by atoms with E-state index in [9.17, 15) is 14.3 Å². The predicted molar refractivity (Wildman–Crippen MR) is 64.2 cm³/mol. The molecule has 18 heavy (non-hydrogen) atoms. The van der Waals surface area contributed by atoms with Gasteiger partial charge in [0.05, 0.1) is 12.7 Å². The molecule has 0 heterocycles. The van der Waals surface area contributed by atoms with Crippen LogP contribution in [0.2, 0.25) is 0 Å². The first-order chi connectivity index (χ1) is 8.54. The molecule has 2 unspecified atom stereocenters. The van der Waals surface area contributed by atoms with Gasteiger partial charge >= 0.3 is 0 Å². The molecule has 0 aliphatic carbocycles. The van der Waals surface area contributed by atoms with E-state index in [1.165, 1.54) is 25.3 Å². The third kappa shape index (κ3) is 4.40. The van der Waals surface area contributed by atoms with Crippen LogP contribution in [0.1, 0.15) is 11.7 Å². The highest BCUT2D eigenvalue weighted by atomic mass is 19.1. The van der Waals surface area contributed by atoms with Crippen molar-refractivity contribution in [2.75, 3.05) is 20.3 Å². The van der Waals surface area contributed by atoms with Gasteiger partial charge in [-0.2, -0.15) is 0 Å². The van der Waals surface area contributed by atoms with Crippen molar-refractivity contribution in [1.29, 1.82) is 0 Å². The van der Waals surface area contributed by atoms with Crippen molar-refractivity contribution in [2.45, 2.75) is 12.1 Å². The first-order valence-electron chi connectivity index (χ1n) is 5.50. The summed E-state index contributed by atoms with van der Waals surface area (Å²) in [5, 5.41) is 12.2. The van der Waals surface area contributed by atoms with Gasteiger partial charge in [0.25, 0.3) is 0 Å². The van der Waals surface area contributed by atoms with Gasteiger partial charge in [0.2, 0.25) is 5.91 Å². The summed E-state index contributed by atoms with van der Waals surface area (Å²) in [4.78, 5) is 11.4. The minimum absolute atomic E-state index is 0.0281. The van der Waals surface area contributed by atoms with Gasteiger partial charge in [-0.05, 0) is 17.7 Å². The lowest BCUT2D eigenvalue weighted by atomic mass is 10.1. The molecule has 1 aromatic rings. The first kappa shape index (κ1) is 14.6. The molecule has 1 amide bonds. The minimum Gasteiger partial charge on any atom is -0.387 e. The molecule has 0 saturated heterocycles. The topological polar surface area (TPSA) is 84.6 Å². The molecular formula is C12H17FN2O3. The number of hydrogen-bond donors (Lipinski definition) is 3. The molecule has 1 rings (SSSR count). The summed E-state index contributed by atoms with van der Waals surface area (Å²) in [6.45, 7) is 0.0710. The van der Waals surface area contributed by atoms with E-state index in [-0.39, 0.29) is 13.2 Å². The zero-order valence-corrected chi connectivity index (χ0v) is 10.1. The Balaban J connectivity index is 2.46. The van der Waals surface area contributed by atoms with Crippen LogP contribution in [-0.4, -0.2) is 37.3 Å². The fraction of sp³-hybridized carbons (Fsp3) is 0.417. The van der Waals surface area contributed by atoms with Gasteiger partial charge in [-0.25, -0.2) is 4.39 Å². The number of carbonyl (C=O) groups is 1. The molecule has 100 valence electrons. The largest absolute Gasteiger partial charge is 0.387 e. The molecule has 0 fully saturated rings. The molecule has 0 radical (unpaired) electrons. The van der Waals surface area contributed by atoms with Crippen LogP contribution in [0.5, 0.6) is 0 Å². The molecule has 0 aromatic heterocycles. The highest BCUT2D eigenvalue weighted by Crippen LogP contribution is 2.12. The van der Waals surface area contributed by atoms with Gasteiger partial charge in [0.1, 0.15) is 11.9 Å². The molecule has 1 aromatic carbocycles. The molecule has 0 aliphatic heterocycles. The maximum Gasteiger partial charge on any atom is 0.239 e. The van der Waals surface area contributed by atoms with Gasteiger partial charge in [-0.15, -0.1) is 0 Å². The third-order valence-corrected chi connectivity index (χ3v) is 2.39. The van der Waals surface area contributed by atoms with Crippen molar-refractivity contribution < 1.29 is 19.0 Å². The Kier molecular flexibility index (Phi) is 5.70. The summed E-state index contributed by atoms with van der Waals surface area (Å²) in [5.41, 5.74) is 5.90. The van der Waals surface area contributed by atoms with E-state index < -0.39 is 23.9 Å². The number of nitrogens with two attached hydrogens (primary N) is 1. The molecule has 0 saturated carbocycles. The summed E-state index contributed by atoms with van der Waals surface area (Å²) in [5.74, 6) is -0.860. The van der Waals surface area contributed by atoms with E-state index in [0.29, 0.717) is 5.56 Å². The number of aliphatic hydroxyl groups is 1. The lowest BCUT2D eigenvalue weighted by Crippen LogP contribution is -2.44. The molecule has 0 aliphatic rings. The normalized spacial score (nSPS) is 14.0. The second-order valence-electron chi connectivity index (χ2n) is 3.88. The number of nitrogens with one attached hydrogen (secondary N) is 1. The Morgan fingerprint density at radius 3 is 2.94 bits per heavy atom. The second-order valence-corrected chi connectivity index (χ2v) is 3.88. The van der Waals surface area contributed by atoms with Crippen LogP contribution in [0.15, 0.2) is 24.3 Å². The van der Waals surface area contributed by atoms with Gasteiger partial charge in [0, 0.05) is 13.7 Å². The Morgan fingerprint density at radius 2 is 2.33 bits per heavy atom. The quantitative estimate of drug-likeness (QED) is 0.666. The third-order valence-electron chi connectivity index (χ3n) is 2.39. The van der Waals surface area contributed by atoms with Crippen molar-refractivity contribution >= 4 is 5.91 Å². The number of amides is 1. The maximum atomic E-state index is 12.9. The van der Waals surface area contributed by atoms with Crippen molar-refractivity contribution in [3.05, 3.63) is 35.6 Å². The maximum absolute atomic E-state index is 12.9. The van der Waals surface area contributed by atoms with Crippen molar-refractivity contribution in [2.24, 2.45) is 5.73 Å². The predicted octanol–water partition coefficient (Wildman–Crippen LogP) is -0.0510. The lowest BCUT2D eigenvalue weighted by molar-refractivity contribution is -0.123. The standard InChI is InChI=1S/C12H17FN2O3/c1-18-7-10(14)12(17)15-6-11(16)8-3-2-4-9(13)5-8/h2-5,10-11,16H,6-7,14H2,1H3,(H,15,17). The van der Waals surface area contributed by atoms with Gasteiger partial charge in [-0.3, -0.25) is 4.79 Å². The summed E-state index contributed by atoms with van der Waals surface area (Å²) in [7, 11) is 1.44. The van der Waals surface area contributed by atoms with Crippen molar-refractivity contribution in [3.63, 3.8) is 0 Å². The average Bonchev–Trinajstić information content (AvgIpc) is 2.35. The van der Waals surface area contributed by atoms with E-state index in [1.807, 2.05) is 0 Å². The number of halogens is 1. The molecule has 4 N–H and O–H groups in total. The summed E-state index contributed by atoms with van der Waals surface area (Å²) in [6, 6.07) is 4.78. The fourth-order valence-electron chi connectivity index (χ4n) is 1.42. The van der Waals surface area contributed by atoms with Crippen molar-refractivity contribution in [3.8, 4) is 0 Å². The van der Waals surface area contributed by atoms with Gasteiger partial charge in [0.15, 0.2) is 0 Å². The Morgan fingerprint density at radius 1 is 1.61 bits per heavy atom. The van der Waals surface area contributed by atoms with Gasteiger partial charge in [-0.1, -0.05) is 12.1 Å². The number of methoxy groups -OCH3 is 1. The highest BCUT2D eigenvalue weighted by molar-refractivity contribution is 5.81. The number of rotatable bonds is 6. The van der Waals surface area contributed by atoms with Crippen LogP contribution in [-0.2, 0) is 9.53 Å². The number of ether oxygens (including phenoxy) is 1. The second kappa shape index (κ2) is 7.05. The van der Waals surface area contributed by atoms with E-state index in [2.05, 4.69) is 5.32 Å². The summed E-state index contributed by atoms with van der Waals surface area (Å²) < 4.78 is 17.7. The fourth-order valence-corrected chi connectivity index (χ4v) is 1.42. The van der Waals surface area contributed by atoms with Crippen LogP contribution < -0.4 is 11.1 Å². The summed E-state index contributed by atoms with van der Waals surface area (Å²) in [6.07, 6.45) is -0.973. The molecular weight excluding hydrogens is 239 g/mol. The molecule has 0 spiro atoms. The SMILES string of the molecule is COCC(N)C(=O)NCC(O)c1cccc(F)c1. The van der Waals surface area contributed by atoms with Crippen LogP contribution in [0.3, 0.4) is 0 Å². The Labute approximate surface area is 105 Å².